The summed E-state index contributed by atoms with van der Waals surface area (Å²) in [4.78, 5) is 26.8. The molecule has 5 nitrogen and oxygen atoms in total. The summed E-state index contributed by atoms with van der Waals surface area (Å²) in [6.07, 6.45) is 0. The number of hydrogen-bond acceptors (Lipinski definition) is 3. The van der Waals surface area contributed by atoms with Gasteiger partial charge in [-0.25, -0.2) is 0 Å². The zero-order valence-corrected chi connectivity index (χ0v) is 9.60. The number of ether oxygens (including phenoxy) is 1. The molecule has 92 valence electrons. The van der Waals surface area contributed by atoms with Crippen molar-refractivity contribution < 1.29 is 9.53 Å². The molecule has 3 rings (SSSR count). The Bertz CT molecular complexity index is 690. The topological polar surface area (TPSA) is 85.2 Å². The van der Waals surface area contributed by atoms with Gasteiger partial charge in [0.05, 0.1) is 13.2 Å². The fourth-order valence-corrected chi connectivity index (χ4v) is 2.32. The Morgan fingerprint density at radius 1 is 1.39 bits per heavy atom. The van der Waals surface area contributed by atoms with Crippen LogP contribution in [0.2, 0.25) is 0 Å². The van der Waals surface area contributed by atoms with Gasteiger partial charge in [0.1, 0.15) is 5.92 Å². The molecule has 0 saturated heterocycles. The number of amides is 1. The molecule has 2 heterocycles. The number of pyridine rings is 1. The second kappa shape index (κ2) is 3.96. The number of carbonyl (C=O) groups excluding carboxylic acids is 1. The Morgan fingerprint density at radius 2 is 2.17 bits per heavy atom. The number of nitrogens with one attached hydrogen (secondary N) is 1. The maximum absolute atomic E-state index is 12.3. The Labute approximate surface area is 103 Å². The van der Waals surface area contributed by atoms with Crippen LogP contribution in [0.15, 0.2) is 29.1 Å². The highest BCUT2D eigenvalue weighted by Crippen LogP contribution is 2.24. The molecule has 1 aromatic carbocycles. The molecule has 0 aliphatic carbocycles. The van der Waals surface area contributed by atoms with Gasteiger partial charge in [-0.1, -0.05) is 12.1 Å². The van der Waals surface area contributed by atoms with Crippen LogP contribution in [0.1, 0.15) is 17.2 Å². The molecule has 0 saturated carbocycles. The Kier molecular flexibility index (Phi) is 2.41. The Morgan fingerprint density at radius 3 is 2.94 bits per heavy atom. The quantitative estimate of drug-likeness (QED) is 0.771. The maximum atomic E-state index is 12.3. The van der Waals surface area contributed by atoms with Crippen LogP contribution in [0.3, 0.4) is 0 Å². The normalized spacial score (nSPS) is 18.6. The van der Waals surface area contributed by atoms with Gasteiger partial charge < -0.3 is 15.5 Å². The fourth-order valence-electron chi connectivity index (χ4n) is 2.32. The van der Waals surface area contributed by atoms with E-state index in [9.17, 15) is 9.59 Å². The van der Waals surface area contributed by atoms with Gasteiger partial charge in [0, 0.05) is 22.2 Å². The number of aromatic nitrogens is 1. The van der Waals surface area contributed by atoms with E-state index in [4.69, 9.17) is 10.5 Å². The summed E-state index contributed by atoms with van der Waals surface area (Å²) in [5, 5.41) is 0.602. The molecule has 1 amide bonds. The largest absolute Gasteiger partial charge is 0.375 e. The SMILES string of the molecule is NC(=O)C1COCc2c1[nH]c1ccccc1c2=O. The summed E-state index contributed by atoms with van der Waals surface area (Å²) in [5.74, 6) is -1.06. The lowest BCUT2D eigenvalue weighted by Crippen LogP contribution is -2.33. The average molecular weight is 244 g/mol. The van der Waals surface area contributed by atoms with Gasteiger partial charge in [-0.05, 0) is 12.1 Å². The smallest absolute Gasteiger partial charge is 0.228 e. The molecule has 0 spiro atoms. The molecule has 1 unspecified atom stereocenters. The van der Waals surface area contributed by atoms with Crippen LogP contribution in [-0.2, 0) is 16.1 Å². The first-order valence-electron chi connectivity index (χ1n) is 5.69. The molecule has 5 heteroatoms. The van der Waals surface area contributed by atoms with Crippen LogP contribution in [-0.4, -0.2) is 17.5 Å². The molecule has 1 aliphatic rings. The molecule has 0 radical (unpaired) electrons. The highest BCUT2D eigenvalue weighted by atomic mass is 16.5. The van der Waals surface area contributed by atoms with Gasteiger partial charge in [0.2, 0.25) is 5.91 Å². The van der Waals surface area contributed by atoms with Crippen molar-refractivity contribution in [2.45, 2.75) is 12.5 Å². The minimum atomic E-state index is -0.578. The molecule has 2 aromatic rings. The van der Waals surface area contributed by atoms with Gasteiger partial charge in [0.25, 0.3) is 0 Å². The fraction of sp³-hybridized carbons (Fsp3) is 0.231. The second-order valence-electron chi connectivity index (χ2n) is 4.36. The first-order chi connectivity index (χ1) is 8.68. The van der Waals surface area contributed by atoms with Gasteiger partial charge >= 0.3 is 0 Å². The van der Waals surface area contributed by atoms with E-state index in [0.29, 0.717) is 16.6 Å². The van der Waals surface area contributed by atoms with Crippen molar-refractivity contribution in [2.24, 2.45) is 5.73 Å². The van der Waals surface area contributed by atoms with Crippen molar-refractivity contribution in [1.82, 2.24) is 4.98 Å². The van der Waals surface area contributed by atoms with Gasteiger partial charge in [-0.3, -0.25) is 9.59 Å². The number of nitrogens with two attached hydrogens (primary N) is 1. The molecular weight excluding hydrogens is 232 g/mol. The number of para-hydroxylation sites is 1. The third-order valence-corrected chi connectivity index (χ3v) is 3.26. The second-order valence-corrected chi connectivity index (χ2v) is 4.36. The van der Waals surface area contributed by atoms with Crippen molar-refractivity contribution in [2.75, 3.05) is 6.61 Å². The van der Waals surface area contributed by atoms with E-state index in [0.717, 1.165) is 5.52 Å². The Hall–Kier alpha value is -2.14. The van der Waals surface area contributed by atoms with E-state index in [2.05, 4.69) is 4.98 Å². The van der Waals surface area contributed by atoms with Gasteiger partial charge in [-0.2, -0.15) is 0 Å². The highest BCUT2D eigenvalue weighted by Gasteiger charge is 2.28. The summed E-state index contributed by atoms with van der Waals surface area (Å²) in [5.41, 5.74) is 7.06. The predicted molar refractivity (Wildman–Crippen MR) is 66.2 cm³/mol. The van der Waals surface area contributed by atoms with E-state index in [-0.39, 0.29) is 18.6 Å². The summed E-state index contributed by atoms with van der Waals surface area (Å²) < 4.78 is 5.28. The van der Waals surface area contributed by atoms with Crippen molar-refractivity contribution >= 4 is 16.8 Å². The van der Waals surface area contributed by atoms with E-state index >= 15 is 0 Å². The van der Waals surface area contributed by atoms with Crippen molar-refractivity contribution in [3.05, 3.63) is 45.7 Å². The van der Waals surface area contributed by atoms with Crippen LogP contribution in [0, 0.1) is 0 Å². The van der Waals surface area contributed by atoms with Crippen molar-refractivity contribution in [3.63, 3.8) is 0 Å². The zero-order chi connectivity index (χ0) is 12.7. The average Bonchev–Trinajstić information content (AvgIpc) is 2.38. The number of benzene rings is 1. The lowest BCUT2D eigenvalue weighted by atomic mass is 9.96. The zero-order valence-electron chi connectivity index (χ0n) is 9.60. The monoisotopic (exact) mass is 244 g/mol. The molecule has 0 bridgehead atoms. The number of hydrogen-bond donors (Lipinski definition) is 2. The van der Waals surface area contributed by atoms with Crippen molar-refractivity contribution in [3.8, 4) is 0 Å². The van der Waals surface area contributed by atoms with E-state index in [1.165, 1.54) is 0 Å². The first kappa shape index (κ1) is 11.0. The van der Waals surface area contributed by atoms with Crippen LogP contribution in [0.25, 0.3) is 10.9 Å². The summed E-state index contributed by atoms with van der Waals surface area (Å²) in [6, 6.07) is 7.20. The maximum Gasteiger partial charge on any atom is 0.228 e. The number of carbonyl (C=O) groups is 1. The standard InChI is InChI=1S/C13H12N2O3/c14-13(17)9-6-18-5-8-11(9)15-10-4-2-1-3-7(10)12(8)16/h1-4,9H,5-6H2,(H2,14,17)(H,15,16). The van der Waals surface area contributed by atoms with Crippen LogP contribution in [0.5, 0.6) is 0 Å². The van der Waals surface area contributed by atoms with Crippen LogP contribution < -0.4 is 11.2 Å². The van der Waals surface area contributed by atoms with E-state index in [1.54, 1.807) is 12.1 Å². The lowest BCUT2D eigenvalue weighted by Gasteiger charge is -2.23. The number of rotatable bonds is 1. The first-order valence-corrected chi connectivity index (χ1v) is 5.69. The molecule has 18 heavy (non-hydrogen) atoms. The third-order valence-electron chi connectivity index (χ3n) is 3.26. The number of aromatic amines is 1. The van der Waals surface area contributed by atoms with E-state index < -0.39 is 11.8 Å². The summed E-state index contributed by atoms with van der Waals surface area (Å²) in [6.45, 7) is 0.440. The van der Waals surface area contributed by atoms with E-state index in [1.807, 2.05) is 12.1 Å². The lowest BCUT2D eigenvalue weighted by molar-refractivity contribution is -0.121. The molecule has 1 atom stereocenters. The minimum absolute atomic E-state index is 0.0923. The third kappa shape index (κ3) is 1.52. The number of primary amides is 1. The summed E-state index contributed by atoms with van der Waals surface area (Å²) >= 11 is 0. The highest BCUT2D eigenvalue weighted by molar-refractivity contribution is 5.85. The summed E-state index contributed by atoms with van der Waals surface area (Å²) in [7, 11) is 0. The minimum Gasteiger partial charge on any atom is -0.375 e. The van der Waals surface area contributed by atoms with Gasteiger partial charge in [-0.15, -0.1) is 0 Å². The number of H-pyrrole nitrogens is 1. The molecule has 0 fully saturated rings. The molecule has 1 aromatic heterocycles. The van der Waals surface area contributed by atoms with Crippen molar-refractivity contribution in [1.29, 1.82) is 0 Å². The molecule has 1 aliphatic heterocycles. The van der Waals surface area contributed by atoms with Crippen LogP contribution in [0.4, 0.5) is 0 Å². The Balaban J connectivity index is 2.34. The molecular formula is C13H12N2O3. The van der Waals surface area contributed by atoms with Crippen LogP contribution >= 0.6 is 0 Å². The van der Waals surface area contributed by atoms with Gasteiger partial charge in [0.15, 0.2) is 5.43 Å². The predicted octanol–water partition coefficient (Wildman–Crippen LogP) is 0.627. The molecule has 3 N–H and O–H groups in total. The number of fused-ring (bicyclic) bond motifs is 2.